The Morgan fingerprint density at radius 1 is 1.19 bits per heavy atom. The number of likely N-dealkylation sites (N-methyl/N-ethyl adjacent to an activating group) is 1. The summed E-state index contributed by atoms with van der Waals surface area (Å²) in [7, 11) is 1.96. The molecular weight excluding hydrogens is 346 g/mol. The van der Waals surface area contributed by atoms with Crippen LogP contribution in [0.4, 0.5) is 5.69 Å². The molecule has 1 aromatic heterocycles. The van der Waals surface area contributed by atoms with Gasteiger partial charge in [0.2, 0.25) is 0 Å². The van der Waals surface area contributed by atoms with E-state index in [1.807, 2.05) is 30.1 Å². The molecular formula is C19H21N5O3. The first-order valence-corrected chi connectivity index (χ1v) is 8.56. The van der Waals surface area contributed by atoms with Gasteiger partial charge in [0.15, 0.2) is 5.82 Å². The average molecular weight is 367 g/mol. The second-order valence-corrected chi connectivity index (χ2v) is 6.43. The number of rotatable bonds is 8. The molecule has 0 aliphatic rings. The second kappa shape index (κ2) is 8.52. The summed E-state index contributed by atoms with van der Waals surface area (Å²) in [6.45, 7) is 1.57. The highest BCUT2D eigenvalue weighted by Gasteiger charge is 2.12. The zero-order valence-electron chi connectivity index (χ0n) is 15.0. The average Bonchev–Trinajstić information content (AvgIpc) is 3.10. The van der Waals surface area contributed by atoms with Gasteiger partial charge in [-0.2, -0.15) is 5.10 Å². The van der Waals surface area contributed by atoms with Crippen molar-refractivity contribution in [2.75, 3.05) is 13.6 Å². The predicted octanol–water partition coefficient (Wildman–Crippen LogP) is 2.35. The van der Waals surface area contributed by atoms with Crippen molar-refractivity contribution in [1.82, 2.24) is 19.7 Å². The zero-order chi connectivity index (χ0) is 19.2. The first kappa shape index (κ1) is 18.7. The van der Waals surface area contributed by atoms with Gasteiger partial charge in [0, 0.05) is 30.8 Å². The molecule has 0 bridgehead atoms. The van der Waals surface area contributed by atoms with E-state index in [1.165, 1.54) is 17.7 Å². The highest BCUT2D eigenvalue weighted by Crippen LogP contribution is 2.19. The van der Waals surface area contributed by atoms with E-state index >= 15 is 0 Å². The third-order valence-electron chi connectivity index (χ3n) is 4.09. The van der Waals surface area contributed by atoms with E-state index in [1.54, 1.807) is 23.1 Å². The Balaban J connectivity index is 1.55. The molecule has 8 heteroatoms. The quantitative estimate of drug-likeness (QED) is 0.485. The fourth-order valence-corrected chi connectivity index (χ4v) is 2.84. The molecule has 1 N–H and O–H groups in total. The van der Waals surface area contributed by atoms with Crippen molar-refractivity contribution in [3.63, 3.8) is 0 Å². The summed E-state index contributed by atoms with van der Waals surface area (Å²) in [5.74, 6) is 0.467. The van der Waals surface area contributed by atoms with Gasteiger partial charge in [0.1, 0.15) is 6.33 Å². The molecule has 0 saturated carbocycles. The van der Waals surface area contributed by atoms with Crippen LogP contribution >= 0.6 is 0 Å². The molecule has 27 heavy (non-hydrogen) atoms. The molecule has 0 spiro atoms. The SMILES string of the molecule is CN(Cc1ccccc1)CC(O)Cn1cnc(-c2ccc([N+](=O)[O-])cc2)n1. The van der Waals surface area contributed by atoms with Gasteiger partial charge in [0.25, 0.3) is 5.69 Å². The molecule has 0 fully saturated rings. The van der Waals surface area contributed by atoms with Crippen molar-refractivity contribution < 1.29 is 10.0 Å². The summed E-state index contributed by atoms with van der Waals surface area (Å²) >= 11 is 0. The number of nitro groups is 1. The van der Waals surface area contributed by atoms with Crippen molar-refractivity contribution in [3.8, 4) is 11.4 Å². The molecule has 140 valence electrons. The minimum Gasteiger partial charge on any atom is -0.390 e. The molecule has 3 rings (SSSR count). The van der Waals surface area contributed by atoms with Crippen LogP contribution in [0.5, 0.6) is 0 Å². The van der Waals surface area contributed by atoms with Gasteiger partial charge >= 0.3 is 0 Å². The van der Waals surface area contributed by atoms with E-state index in [2.05, 4.69) is 22.2 Å². The van der Waals surface area contributed by atoms with Gasteiger partial charge in [-0.1, -0.05) is 30.3 Å². The molecule has 1 unspecified atom stereocenters. The lowest BCUT2D eigenvalue weighted by Gasteiger charge is -2.20. The van der Waals surface area contributed by atoms with Gasteiger partial charge in [-0.25, -0.2) is 9.67 Å². The largest absolute Gasteiger partial charge is 0.390 e. The van der Waals surface area contributed by atoms with Gasteiger partial charge in [0.05, 0.1) is 17.6 Å². The van der Waals surface area contributed by atoms with E-state index in [0.717, 1.165) is 6.54 Å². The number of non-ortho nitro benzene ring substituents is 1. The Bertz CT molecular complexity index is 880. The van der Waals surface area contributed by atoms with Crippen LogP contribution in [0.2, 0.25) is 0 Å². The first-order valence-electron chi connectivity index (χ1n) is 8.56. The highest BCUT2D eigenvalue weighted by atomic mass is 16.6. The van der Waals surface area contributed by atoms with Crippen LogP contribution in [-0.4, -0.2) is 49.4 Å². The van der Waals surface area contributed by atoms with Crippen molar-refractivity contribution in [2.45, 2.75) is 19.2 Å². The minimum atomic E-state index is -0.592. The normalized spacial score (nSPS) is 12.3. The lowest BCUT2D eigenvalue weighted by atomic mass is 10.2. The molecule has 0 aliphatic carbocycles. The van der Waals surface area contributed by atoms with Crippen LogP contribution in [0.1, 0.15) is 5.56 Å². The zero-order valence-corrected chi connectivity index (χ0v) is 15.0. The fourth-order valence-electron chi connectivity index (χ4n) is 2.84. The van der Waals surface area contributed by atoms with Crippen LogP contribution in [0, 0.1) is 10.1 Å². The number of nitrogens with zero attached hydrogens (tertiary/aromatic N) is 5. The Morgan fingerprint density at radius 2 is 1.89 bits per heavy atom. The van der Waals surface area contributed by atoms with Crippen molar-refractivity contribution in [2.24, 2.45) is 0 Å². The Kier molecular flexibility index (Phi) is 5.90. The second-order valence-electron chi connectivity index (χ2n) is 6.43. The lowest BCUT2D eigenvalue weighted by Crippen LogP contribution is -2.31. The van der Waals surface area contributed by atoms with Crippen LogP contribution in [0.15, 0.2) is 60.9 Å². The monoisotopic (exact) mass is 367 g/mol. The van der Waals surface area contributed by atoms with Crippen molar-refractivity contribution in [1.29, 1.82) is 0 Å². The molecule has 1 heterocycles. The smallest absolute Gasteiger partial charge is 0.269 e. The summed E-state index contributed by atoms with van der Waals surface area (Å²) in [5.41, 5.74) is 1.90. The number of hydrogen-bond donors (Lipinski definition) is 1. The number of aliphatic hydroxyl groups excluding tert-OH is 1. The fraction of sp³-hybridized carbons (Fsp3) is 0.263. The van der Waals surface area contributed by atoms with Crippen molar-refractivity contribution >= 4 is 5.69 Å². The molecule has 0 aliphatic heterocycles. The molecule has 0 amide bonds. The minimum absolute atomic E-state index is 0.0232. The number of aromatic nitrogens is 3. The van der Waals surface area contributed by atoms with Gasteiger partial charge < -0.3 is 5.11 Å². The maximum Gasteiger partial charge on any atom is 0.269 e. The number of aliphatic hydroxyl groups is 1. The van der Waals surface area contributed by atoms with E-state index < -0.39 is 11.0 Å². The summed E-state index contributed by atoms with van der Waals surface area (Å²) in [6, 6.07) is 16.1. The van der Waals surface area contributed by atoms with Crippen LogP contribution in [0.3, 0.4) is 0 Å². The van der Waals surface area contributed by atoms with Crippen LogP contribution in [0.25, 0.3) is 11.4 Å². The molecule has 2 aromatic carbocycles. The van der Waals surface area contributed by atoms with E-state index in [-0.39, 0.29) is 5.69 Å². The van der Waals surface area contributed by atoms with Gasteiger partial charge in [-0.15, -0.1) is 0 Å². The Morgan fingerprint density at radius 3 is 2.56 bits per heavy atom. The van der Waals surface area contributed by atoms with E-state index in [4.69, 9.17) is 0 Å². The molecule has 8 nitrogen and oxygen atoms in total. The van der Waals surface area contributed by atoms with Gasteiger partial charge in [-0.3, -0.25) is 15.0 Å². The van der Waals surface area contributed by atoms with Crippen molar-refractivity contribution in [3.05, 3.63) is 76.6 Å². The third-order valence-corrected chi connectivity index (χ3v) is 4.09. The highest BCUT2D eigenvalue weighted by molar-refractivity contribution is 5.56. The third kappa shape index (κ3) is 5.19. The number of benzene rings is 2. The van der Waals surface area contributed by atoms with Crippen LogP contribution < -0.4 is 0 Å². The molecule has 0 radical (unpaired) electrons. The van der Waals surface area contributed by atoms with Crippen LogP contribution in [-0.2, 0) is 13.1 Å². The van der Waals surface area contributed by atoms with E-state index in [0.29, 0.717) is 24.5 Å². The number of nitro benzene ring substituents is 1. The first-order chi connectivity index (χ1) is 13.0. The molecule has 0 saturated heterocycles. The van der Waals surface area contributed by atoms with Gasteiger partial charge in [-0.05, 0) is 24.7 Å². The standard InChI is InChI=1S/C19H21N5O3/c1-22(11-15-5-3-2-4-6-15)12-18(25)13-23-14-20-19(21-23)16-7-9-17(10-8-16)24(26)27/h2-10,14,18,25H,11-13H2,1H3. The lowest BCUT2D eigenvalue weighted by molar-refractivity contribution is -0.384. The van der Waals surface area contributed by atoms with E-state index in [9.17, 15) is 15.2 Å². The maximum atomic E-state index is 10.7. The number of hydrogen-bond acceptors (Lipinski definition) is 6. The maximum absolute atomic E-state index is 10.7. The Hall–Kier alpha value is -3.10. The topological polar surface area (TPSA) is 97.3 Å². The predicted molar refractivity (Wildman–Crippen MR) is 101 cm³/mol. The summed E-state index contributed by atoms with van der Waals surface area (Å²) in [5, 5.41) is 25.4. The summed E-state index contributed by atoms with van der Waals surface area (Å²) < 4.78 is 1.58. The summed E-state index contributed by atoms with van der Waals surface area (Å²) in [6.07, 6.45) is 0.960. The molecule has 1 atom stereocenters. The summed E-state index contributed by atoms with van der Waals surface area (Å²) in [4.78, 5) is 16.5. The molecule has 3 aromatic rings. The Labute approximate surface area is 156 Å².